The predicted octanol–water partition coefficient (Wildman–Crippen LogP) is 3.26. The molecule has 0 spiro atoms. The van der Waals surface area contributed by atoms with Gasteiger partial charge in [-0.3, -0.25) is 4.90 Å². The average Bonchev–Trinajstić information content (AvgIpc) is 3.61. The zero-order valence-corrected chi connectivity index (χ0v) is 22.2. The smallest absolute Gasteiger partial charge is 0.228 e. The minimum atomic E-state index is -3.26. The Balaban J connectivity index is 1.08. The quantitative estimate of drug-likeness (QED) is 0.354. The number of piperidine rings is 1. The first kappa shape index (κ1) is 24.7. The maximum atomic E-state index is 11.8. The Kier molecular flexibility index (Phi) is 6.71. The Morgan fingerprint density at radius 2 is 1.68 bits per heavy atom. The number of nitrogens with zero attached hydrogens (tertiary/aromatic N) is 7. The minimum absolute atomic E-state index is 0.0670. The molecule has 0 N–H and O–H groups in total. The van der Waals surface area contributed by atoms with Crippen molar-refractivity contribution in [3.63, 3.8) is 0 Å². The fraction of sp³-hybridized carbons (Fsp3) is 0.407. The molecule has 0 saturated carbocycles. The summed E-state index contributed by atoms with van der Waals surface area (Å²) in [5, 5.41) is 5.20. The van der Waals surface area contributed by atoms with Crippen molar-refractivity contribution in [3.05, 3.63) is 60.7 Å². The molecule has 0 bridgehead atoms. The van der Waals surface area contributed by atoms with E-state index in [0.717, 1.165) is 56.8 Å². The van der Waals surface area contributed by atoms with Crippen LogP contribution in [0.4, 0.5) is 5.82 Å². The normalized spacial score (nSPS) is 17.3. The second kappa shape index (κ2) is 10.3. The molecule has 10 nitrogen and oxygen atoms in total. The highest BCUT2D eigenvalue weighted by molar-refractivity contribution is 7.90. The van der Waals surface area contributed by atoms with Crippen LogP contribution in [0.5, 0.6) is 5.88 Å². The van der Waals surface area contributed by atoms with Gasteiger partial charge in [0.25, 0.3) is 0 Å². The van der Waals surface area contributed by atoms with E-state index in [1.54, 1.807) is 35.1 Å². The van der Waals surface area contributed by atoms with Crippen LogP contribution in [-0.2, 0) is 16.4 Å². The molecule has 6 rings (SSSR count). The zero-order chi connectivity index (χ0) is 26.1. The molecule has 198 valence electrons. The first-order valence-electron chi connectivity index (χ1n) is 13.0. The molecular formula is C27H31N7O3S. The van der Waals surface area contributed by atoms with Gasteiger partial charge in [0.15, 0.2) is 15.5 Å². The van der Waals surface area contributed by atoms with Crippen LogP contribution in [0.1, 0.15) is 31.2 Å². The van der Waals surface area contributed by atoms with E-state index in [2.05, 4.69) is 37.0 Å². The lowest BCUT2D eigenvalue weighted by molar-refractivity contribution is 0.0944. The number of sulfone groups is 1. The van der Waals surface area contributed by atoms with Crippen LogP contribution in [0.15, 0.2) is 60.0 Å². The summed E-state index contributed by atoms with van der Waals surface area (Å²) in [7, 11) is -3.26. The number of hydrogen-bond donors (Lipinski definition) is 0. The maximum absolute atomic E-state index is 11.8. The molecule has 0 radical (unpaired) electrons. The van der Waals surface area contributed by atoms with Gasteiger partial charge in [-0.2, -0.15) is 5.10 Å². The number of benzene rings is 1. The van der Waals surface area contributed by atoms with Crippen molar-refractivity contribution < 1.29 is 13.2 Å². The van der Waals surface area contributed by atoms with E-state index in [9.17, 15) is 8.42 Å². The van der Waals surface area contributed by atoms with E-state index in [1.165, 1.54) is 31.0 Å². The third kappa shape index (κ3) is 5.21. The van der Waals surface area contributed by atoms with Crippen molar-refractivity contribution in [1.29, 1.82) is 0 Å². The van der Waals surface area contributed by atoms with Gasteiger partial charge in [0.05, 0.1) is 16.8 Å². The number of likely N-dealkylation sites (tertiary alicyclic amines) is 1. The Morgan fingerprint density at radius 3 is 2.37 bits per heavy atom. The average molecular weight is 534 g/mol. The van der Waals surface area contributed by atoms with Gasteiger partial charge in [0.1, 0.15) is 23.6 Å². The number of anilines is 1. The Bertz CT molecular complexity index is 1510. The standard InChI is InChI=1S/C27H31N7O3S/c1-38(35,36)23-7-5-21(6-8-23)34-26-24(17-31-34)27(30-19-29-26)37-22-10-14-32(15-11-22)18-20-4-9-25(28-16-20)33-12-2-3-13-33/h4-9,16-17,19,22H,2-3,10-15,18H2,1H3. The molecule has 2 fully saturated rings. The lowest BCUT2D eigenvalue weighted by Gasteiger charge is -2.32. The molecule has 5 heterocycles. The number of fused-ring (bicyclic) bond motifs is 1. The van der Waals surface area contributed by atoms with Gasteiger partial charge in [-0.15, -0.1) is 0 Å². The van der Waals surface area contributed by atoms with Gasteiger partial charge in [-0.25, -0.2) is 28.1 Å². The van der Waals surface area contributed by atoms with Crippen LogP contribution in [0, 0.1) is 0 Å². The fourth-order valence-electron chi connectivity index (χ4n) is 5.18. The summed E-state index contributed by atoms with van der Waals surface area (Å²) in [5.41, 5.74) is 2.57. The first-order valence-corrected chi connectivity index (χ1v) is 14.9. The van der Waals surface area contributed by atoms with Crippen molar-refractivity contribution in [2.75, 3.05) is 37.3 Å². The largest absolute Gasteiger partial charge is 0.474 e. The van der Waals surface area contributed by atoms with Gasteiger partial charge in [-0.1, -0.05) is 6.07 Å². The molecule has 11 heteroatoms. The van der Waals surface area contributed by atoms with E-state index >= 15 is 0 Å². The molecule has 2 aliphatic heterocycles. The zero-order valence-electron chi connectivity index (χ0n) is 21.4. The third-order valence-electron chi connectivity index (χ3n) is 7.30. The van der Waals surface area contributed by atoms with Gasteiger partial charge in [-0.05, 0) is 61.6 Å². The minimum Gasteiger partial charge on any atom is -0.474 e. The van der Waals surface area contributed by atoms with Gasteiger partial charge < -0.3 is 9.64 Å². The van der Waals surface area contributed by atoms with Gasteiger partial charge in [0, 0.05) is 45.2 Å². The second-order valence-electron chi connectivity index (χ2n) is 10.1. The Hall–Kier alpha value is -3.57. The molecule has 3 aromatic heterocycles. The third-order valence-corrected chi connectivity index (χ3v) is 8.43. The van der Waals surface area contributed by atoms with E-state index in [4.69, 9.17) is 9.72 Å². The fourth-order valence-corrected chi connectivity index (χ4v) is 5.82. The van der Waals surface area contributed by atoms with Crippen molar-refractivity contribution in [3.8, 4) is 11.6 Å². The van der Waals surface area contributed by atoms with Crippen LogP contribution in [0.25, 0.3) is 16.7 Å². The number of pyridine rings is 1. The van der Waals surface area contributed by atoms with Crippen LogP contribution in [0.2, 0.25) is 0 Å². The highest BCUT2D eigenvalue weighted by Crippen LogP contribution is 2.27. The summed E-state index contributed by atoms with van der Waals surface area (Å²) in [6.07, 6.45) is 10.8. The lowest BCUT2D eigenvalue weighted by atomic mass is 10.1. The summed E-state index contributed by atoms with van der Waals surface area (Å²) in [6, 6.07) is 10.9. The monoisotopic (exact) mass is 533 g/mol. The highest BCUT2D eigenvalue weighted by Gasteiger charge is 2.23. The Morgan fingerprint density at radius 1 is 0.921 bits per heavy atom. The van der Waals surface area contributed by atoms with Crippen molar-refractivity contribution >= 4 is 26.7 Å². The van der Waals surface area contributed by atoms with Crippen molar-refractivity contribution in [2.24, 2.45) is 0 Å². The van der Waals surface area contributed by atoms with E-state index in [-0.39, 0.29) is 11.0 Å². The van der Waals surface area contributed by atoms with E-state index in [0.29, 0.717) is 17.2 Å². The van der Waals surface area contributed by atoms with Gasteiger partial charge >= 0.3 is 0 Å². The van der Waals surface area contributed by atoms with E-state index in [1.807, 2.05) is 6.20 Å². The number of hydrogen-bond acceptors (Lipinski definition) is 9. The molecule has 38 heavy (non-hydrogen) atoms. The van der Waals surface area contributed by atoms with Crippen molar-refractivity contribution in [1.82, 2.24) is 29.6 Å². The maximum Gasteiger partial charge on any atom is 0.228 e. The van der Waals surface area contributed by atoms with Crippen LogP contribution < -0.4 is 9.64 Å². The molecule has 1 aromatic carbocycles. The Labute approximate surface area is 222 Å². The molecule has 0 unspecified atom stereocenters. The summed E-state index contributed by atoms with van der Waals surface area (Å²) in [6.45, 7) is 5.00. The molecule has 4 aromatic rings. The first-order chi connectivity index (χ1) is 18.4. The van der Waals surface area contributed by atoms with Crippen LogP contribution >= 0.6 is 0 Å². The molecule has 2 aliphatic rings. The predicted molar refractivity (Wildman–Crippen MR) is 144 cm³/mol. The van der Waals surface area contributed by atoms with Gasteiger partial charge in [0.2, 0.25) is 5.88 Å². The number of aromatic nitrogens is 5. The molecular weight excluding hydrogens is 502 g/mol. The topological polar surface area (TPSA) is 106 Å². The second-order valence-corrected chi connectivity index (χ2v) is 12.1. The summed E-state index contributed by atoms with van der Waals surface area (Å²) >= 11 is 0. The summed E-state index contributed by atoms with van der Waals surface area (Å²) < 4.78 is 31.6. The summed E-state index contributed by atoms with van der Waals surface area (Å²) in [5.74, 6) is 1.61. The molecule has 0 amide bonds. The lowest BCUT2D eigenvalue weighted by Crippen LogP contribution is -2.38. The van der Waals surface area contributed by atoms with Crippen LogP contribution in [0.3, 0.4) is 0 Å². The summed E-state index contributed by atoms with van der Waals surface area (Å²) in [4.78, 5) is 18.6. The van der Waals surface area contributed by atoms with Crippen LogP contribution in [-0.4, -0.2) is 76.6 Å². The van der Waals surface area contributed by atoms with Crippen molar-refractivity contribution in [2.45, 2.75) is 43.2 Å². The highest BCUT2D eigenvalue weighted by atomic mass is 32.2. The molecule has 2 saturated heterocycles. The molecule has 0 atom stereocenters. The number of ether oxygens (including phenoxy) is 1. The molecule has 0 aliphatic carbocycles. The van der Waals surface area contributed by atoms with E-state index < -0.39 is 9.84 Å². The number of rotatable bonds is 7. The SMILES string of the molecule is CS(=O)(=O)c1ccc(-n2ncc3c(OC4CCN(Cc5ccc(N6CCCC6)nc5)CC4)ncnc32)cc1.